The Hall–Kier alpha value is -2.07. The first-order valence-electron chi connectivity index (χ1n) is 8.80. The second-order valence-electron chi connectivity index (χ2n) is 6.49. The number of nitrogens with zero attached hydrogens (tertiary/aromatic N) is 1. The minimum atomic E-state index is 0.188. The van der Waals surface area contributed by atoms with Crippen LogP contribution in [0.2, 0.25) is 0 Å². The van der Waals surface area contributed by atoms with Crippen LogP contribution in [0.3, 0.4) is 0 Å². The van der Waals surface area contributed by atoms with Crippen LogP contribution in [0.25, 0.3) is 10.8 Å². The number of fused-ring (bicyclic) bond motifs is 1. The van der Waals surface area contributed by atoms with Gasteiger partial charge in [-0.25, -0.2) is 0 Å². The first-order chi connectivity index (χ1) is 11.8. The van der Waals surface area contributed by atoms with Crippen LogP contribution in [0.5, 0.6) is 0 Å². The summed E-state index contributed by atoms with van der Waals surface area (Å²) in [5, 5.41) is 9.29. The van der Waals surface area contributed by atoms with E-state index in [1.165, 1.54) is 29.2 Å². The Labute approximate surface area is 144 Å². The molecule has 2 aromatic carbocycles. The molecule has 0 spiro atoms. The Morgan fingerprint density at radius 1 is 1.21 bits per heavy atom. The highest BCUT2D eigenvalue weighted by Gasteiger charge is 2.20. The van der Waals surface area contributed by atoms with E-state index in [1.54, 1.807) is 7.05 Å². The van der Waals surface area contributed by atoms with E-state index in [4.69, 9.17) is 4.74 Å². The van der Waals surface area contributed by atoms with E-state index in [9.17, 15) is 0 Å². The van der Waals surface area contributed by atoms with Gasteiger partial charge >= 0.3 is 0 Å². The number of ether oxygens (including phenoxy) is 1. The maximum atomic E-state index is 5.65. The van der Waals surface area contributed by atoms with E-state index in [0.29, 0.717) is 0 Å². The van der Waals surface area contributed by atoms with Crippen LogP contribution in [0, 0.1) is 5.92 Å². The second kappa shape index (κ2) is 8.15. The van der Waals surface area contributed by atoms with Crippen molar-refractivity contribution < 1.29 is 4.74 Å². The maximum Gasteiger partial charge on any atom is 0.191 e. The summed E-state index contributed by atoms with van der Waals surface area (Å²) in [5.74, 6) is 1.63. The zero-order valence-corrected chi connectivity index (χ0v) is 14.6. The number of nitrogens with one attached hydrogen (secondary N) is 2. The molecule has 1 aliphatic rings. The van der Waals surface area contributed by atoms with Crippen molar-refractivity contribution in [2.75, 3.05) is 26.8 Å². The molecule has 0 bridgehead atoms. The fourth-order valence-electron chi connectivity index (χ4n) is 2.74. The van der Waals surface area contributed by atoms with Gasteiger partial charge in [0.05, 0.1) is 12.6 Å². The minimum absolute atomic E-state index is 0.188. The van der Waals surface area contributed by atoms with Gasteiger partial charge in [0.1, 0.15) is 0 Å². The van der Waals surface area contributed by atoms with Gasteiger partial charge in [-0.05, 0) is 48.1 Å². The lowest BCUT2D eigenvalue weighted by molar-refractivity contribution is 0.129. The molecule has 128 valence electrons. The van der Waals surface area contributed by atoms with E-state index in [-0.39, 0.29) is 6.04 Å². The van der Waals surface area contributed by atoms with Crippen LogP contribution in [-0.4, -0.2) is 32.8 Å². The van der Waals surface area contributed by atoms with Gasteiger partial charge < -0.3 is 15.4 Å². The maximum absolute atomic E-state index is 5.65. The third-order valence-electron chi connectivity index (χ3n) is 4.44. The molecule has 1 aliphatic carbocycles. The van der Waals surface area contributed by atoms with Crippen LogP contribution < -0.4 is 10.6 Å². The molecule has 3 rings (SSSR count). The number of guanidine groups is 1. The molecule has 0 heterocycles. The number of aliphatic imine (C=N–C) groups is 1. The van der Waals surface area contributed by atoms with Crippen molar-refractivity contribution in [3.8, 4) is 0 Å². The molecule has 1 fully saturated rings. The summed E-state index contributed by atoms with van der Waals surface area (Å²) in [5.41, 5.74) is 1.25. The van der Waals surface area contributed by atoms with Gasteiger partial charge in [0.15, 0.2) is 5.96 Å². The molecule has 0 radical (unpaired) electrons. The van der Waals surface area contributed by atoms with Crippen LogP contribution >= 0.6 is 0 Å². The molecule has 0 amide bonds. The minimum Gasteiger partial charge on any atom is -0.379 e. The predicted octanol–water partition coefficient (Wildman–Crippen LogP) is 3.49. The largest absolute Gasteiger partial charge is 0.379 e. The van der Waals surface area contributed by atoms with Gasteiger partial charge in [-0.3, -0.25) is 4.99 Å². The van der Waals surface area contributed by atoms with E-state index in [0.717, 1.165) is 31.6 Å². The fraction of sp³-hybridized carbons (Fsp3) is 0.450. The lowest BCUT2D eigenvalue weighted by Gasteiger charge is -2.19. The molecular formula is C20H27N3O. The van der Waals surface area contributed by atoms with Crippen LogP contribution in [0.15, 0.2) is 47.5 Å². The third-order valence-corrected chi connectivity index (χ3v) is 4.44. The Morgan fingerprint density at radius 2 is 2.00 bits per heavy atom. The first kappa shape index (κ1) is 16.8. The summed E-state index contributed by atoms with van der Waals surface area (Å²) in [4.78, 5) is 4.30. The van der Waals surface area contributed by atoms with Gasteiger partial charge in [0.25, 0.3) is 0 Å². The van der Waals surface area contributed by atoms with Crippen LogP contribution in [-0.2, 0) is 4.74 Å². The number of hydrogen-bond donors (Lipinski definition) is 2. The summed E-state index contributed by atoms with van der Waals surface area (Å²) in [7, 11) is 1.80. The summed E-state index contributed by atoms with van der Waals surface area (Å²) in [6, 6.07) is 15.2. The standard InChI is InChI=1S/C20H27N3O/c1-15(18-10-9-17-5-3-4-6-19(17)13-18)23-20(21-2)22-11-12-24-14-16-7-8-16/h3-6,9-10,13,15-16H,7-8,11-12,14H2,1-2H3,(H2,21,22,23). The molecule has 4 heteroatoms. The molecular weight excluding hydrogens is 298 g/mol. The van der Waals surface area contributed by atoms with Crippen molar-refractivity contribution in [1.82, 2.24) is 10.6 Å². The Bertz CT molecular complexity index is 694. The average molecular weight is 325 g/mol. The lowest BCUT2D eigenvalue weighted by atomic mass is 10.0. The van der Waals surface area contributed by atoms with E-state index in [2.05, 4.69) is 65.0 Å². The smallest absolute Gasteiger partial charge is 0.191 e. The van der Waals surface area contributed by atoms with E-state index in [1.807, 2.05) is 0 Å². The topological polar surface area (TPSA) is 45.7 Å². The van der Waals surface area contributed by atoms with Crippen molar-refractivity contribution in [2.24, 2.45) is 10.9 Å². The Balaban J connectivity index is 1.49. The predicted molar refractivity (Wildman–Crippen MR) is 100 cm³/mol. The second-order valence-corrected chi connectivity index (χ2v) is 6.49. The molecule has 1 saturated carbocycles. The van der Waals surface area contributed by atoms with Gasteiger partial charge in [-0.1, -0.05) is 36.4 Å². The Kier molecular flexibility index (Phi) is 5.70. The van der Waals surface area contributed by atoms with Crippen molar-refractivity contribution in [2.45, 2.75) is 25.8 Å². The number of rotatable bonds is 7. The quantitative estimate of drug-likeness (QED) is 0.465. The van der Waals surface area contributed by atoms with Crippen LogP contribution in [0.4, 0.5) is 0 Å². The summed E-state index contributed by atoms with van der Waals surface area (Å²) in [6.07, 6.45) is 2.67. The molecule has 4 nitrogen and oxygen atoms in total. The fourth-order valence-corrected chi connectivity index (χ4v) is 2.74. The van der Waals surface area contributed by atoms with Crippen LogP contribution in [0.1, 0.15) is 31.4 Å². The summed E-state index contributed by atoms with van der Waals surface area (Å²) in [6.45, 7) is 4.56. The molecule has 0 aliphatic heterocycles. The third kappa shape index (κ3) is 4.71. The van der Waals surface area contributed by atoms with Gasteiger partial charge in [0.2, 0.25) is 0 Å². The normalized spacial score (nSPS) is 16.2. The van der Waals surface area contributed by atoms with E-state index >= 15 is 0 Å². The highest BCUT2D eigenvalue weighted by atomic mass is 16.5. The van der Waals surface area contributed by atoms with Crippen molar-refractivity contribution in [3.05, 3.63) is 48.0 Å². The SMILES string of the molecule is CN=C(NCCOCC1CC1)NC(C)c1ccc2ccccc2c1. The van der Waals surface area contributed by atoms with Gasteiger partial charge in [-0.15, -0.1) is 0 Å². The average Bonchev–Trinajstić information content (AvgIpc) is 3.44. The van der Waals surface area contributed by atoms with Crippen molar-refractivity contribution >= 4 is 16.7 Å². The molecule has 2 aromatic rings. The number of hydrogen-bond acceptors (Lipinski definition) is 2. The highest BCUT2D eigenvalue weighted by Crippen LogP contribution is 2.28. The molecule has 2 N–H and O–H groups in total. The molecule has 24 heavy (non-hydrogen) atoms. The highest BCUT2D eigenvalue weighted by molar-refractivity contribution is 5.84. The van der Waals surface area contributed by atoms with Gasteiger partial charge in [0, 0.05) is 20.2 Å². The summed E-state index contributed by atoms with van der Waals surface area (Å²) < 4.78 is 5.65. The zero-order chi connectivity index (χ0) is 16.8. The lowest BCUT2D eigenvalue weighted by Crippen LogP contribution is -2.40. The van der Waals surface area contributed by atoms with Crippen molar-refractivity contribution in [3.63, 3.8) is 0 Å². The molecule has 1 unspecified atom stereocenters. The molecule has 0 saturated heterocycles. The zero-order valence-electron chi connectivity index (χ0n) is 14.6. The monoisotopic (exact) mass is 325 g/mol. The molecule has 0 aromatic heterocycles. The van der Waals surface area contributed by atoms with Gasteiger partial charge in [-0.2, -0.15) is 0 Å². The molecule has 1 atom stereocenters. The van der Waals surface area contributed by atoms with E-state index < -0.39 is 0 Å². The van der Waals surface area contributed by atoms with Crippen molar-refractivity contribution in [1.29, 1.82) is 0 Å². The number of benzene rings is 2. The first-order valence-corrected chi connectivity index (χ1v) is 8.80. The Morgan fingerprint density at radius 3 is 2.75 bits per heavy atom. The summed E-state index contributed by atoms with van der Waals surface area (Å²) >= 11 is 0.